The van der Waals surface area contributed by atoms with Gasteiger partial charge < -0.3 is 10.2 Å². The zero-order valence-corrected chi connectivity index (χ0v) is 12.5. The van der Waals surface area contributed by atoms with Crippen molar-refractivity contribution in [3.8, 4) is 0 Å². The molecule has 0 radical (unpaired) electrons. The predicted octanol–water partition coefficient (Wildman–Crippen LogP) is 0.423. The quantitative estimate of drug-likeness (QED) is 0.766. The molecule has 0 spiro atoms. The van der Waals surface area contributed by atoms with Crippen LogP contribution in [-0.4, -0.2) is 64.8 Å². The zero-order valence-electron chi connectivity index (χ0n) is 11.7. The summed E-state index contributed by atoms with van der Waals surface area (Å²) in [6, 6.07) is 0.319. The van der Waals surface area contributed by atoms with Crippen molar-refractivity contribution < 1.29 is 9.59 Å². The molecule has 0 aromatic rings. The van der Waals surface area contributed by atoms with Crippen molar-refractivity contribution in [1.82, 2.24) is 15.1 Å². The molecule has 19 heavy (non-hydrogen) atoms. The summed E-state index contributed by atoms with van der Waals surface area (Å²) >= 11 is 5.73. The number of hydrogen-bond acceptors (Lipinski definition) is 3. The summed E-state index contributed by atoms with van der Waals surface area (Å²) in [4.78, 5) is 28.1. The lowest BCUT2D eigenvalue weighted by atomic mass is 10.1. The lowest BCUT2D eigenvalue weighted by molar-refractivity contribution is -0.134. The molecule has 2 amide bonds. The lowest BCUT2D eigenvalue weighted by Crippen LogP contribution is -2.53. The minimum Gasteiger partial charge on any atom is -0.343 e. The average Bonchev–Trinajstić information content (AvgIpc) is 2.65. The largest absolute Gasteiger partial charge is 0.343 e. The summed E-state index contributed by atoms with van der Waals surface area (Å²) in [7, 11) is 0. The zero-order chi connectivity index (χ0) is 14.2. The van der Waals surface area contributed by atoms with Crippen molar-refractivity contribution in [2.45, 2.75) is 50.7 Å². The first-order valence-electron chi connectivity index (χ1n) is 6.89. The van der Waals surface area contributed by atoms with Gasteiger partial charge in [0.15, 0.2) is 0 Å². The Morgan fingerprint density at radius 1 is 1.37 bits per heavy atom. The summed E-state index contributed by atoms with van der Waals surface area (Å²) in [5, 5.41) is 2.15. The minimum absolute atomic E-state index is 0.0408. The molecular formula is C13H22ClN3O2. The molecule has 0 aliphatic carbocycles. The molecular weight excluding hydrogens is 266 g/mol. The number of halogens is 1. The Kier molecular flexibility index (Phi) is 4.36. The Morgan fingerprint density at radius 2 is 2.05 bits per heavy atom. The Bertz CT molecular complexity index is 373. The van der Waals surface area contributed by atoms with E-state index in [0.29, 0.717) is 12.5 Å². The first-order chi connectivity index (χ1) is 8.90. The van der Waals surface area contributed by atoms with E-state index in [-0.39, 0.29) is 17.9 Å². The highest BCUT2D eigenvalue weighted by Gasteiger charge is 2.43. The molecule has 2 rings (SSSR count). The number of piperazine rings is 1. The third-order valence-electron chi connectivity index (χ3n) is 4.01. The summed E-state index contributed by atoms with van der Waals surface area (Å²) in [6.07, 6.45) is 0.692. The number of alkyl halides is 1. The summed E-state index contributed by atoms with van der Waals surface area (Å²) < 4.78 is 0. The lowest BCUT2D eigenvalue weighted by Gasteiger charge is -2.39. The molecule has 2 saturated heterocycles. The Labute approximate surface area is 119 Å². The fraction of sp³-hybridized carbons (Fsp3) is 0.846. The van der Waals surface area contributed by atoms with E-state index in [1.807, 2.05) is 4.90 Å². The van der Waals surface area contributed by atoms with Crippen LogP contribution in [0.4, 0.5) is 0 Å². The first-order valence-corrected chi connectivity index (χ1v) is 7.32. The highest BCUT2D eigenvalue weighted by molar-refractivity contribution is 6.30. The van der Waals surface area contributed by atoms with Crippen LogP contribution < -0.4 is 5.32 Å². The second-order valence-corrected chi connectivity index (χ2v) is 6.34. The predicted molar refractivity (Wildman–Crippen MR) is 74.1 cm³/mol. The van der Waals surface area contributed by atoms with E-state index in [1.54, 1.807) is 6.92 Å². The van der Waals surface area contributed by atoms with Crippen molar-refractivity contribution in [3.63, 3.8) is 0 Å². The number of hydrogen-bond donors (Lipinski definition) is 1. The summed E-state index contributed by atoms with van der Waals surface area (Å²) in [5.41, 5.74) is 0. The number of nitrogens with one attached hydrogen (secondary N) is 1. The monoisotopic (exact) mass is 287 g/mol. The smallest absolute Gasteiger partial charge is 0.245 e. The number of carbonyl (C=O) groups is 2. The summed E-state index contributed by atoms with van der Waals surface area (Å²) in [5.74, 6) is -0.223. The van der Waals surface area contributed by atoms with Gasteiger partial charge in [-0.05, 0) is 27.2 Å². The van der Waals surface area contributed by atoms with Crippen LogP contribution in [-0.2, 0) is 9.59 Å². The Balaban J connectivity index is 1.98. The molecule has 1 N–H and O–H groups in total. The van der Waals surface area contributed by atoms with Crippen LogP contribution in [0.2, 0.25) is 0 Å². The van der Waals surface area contributed by atoms with Gasteiger partial charge in [-0.25, -0.2) is 0 Å². The normalized spacial score (nSPS) is 29.5. The van der Waals surface area contributed by atoms with E-state index in [0.717, 1.165) is 19.6 Å². The molecule has 6 heteroatoms. The van der Waals surface area contributed by atoms with E-state index < -0.39 is 11.4 Å². The molecule has 3 unspecified atom stereocenters. The molecule has 2 fully saturated rings. The van der Waals surface area contributed by atoms with Crippen molar-refractivity contribution in [3.05, 3.63) is 0 Å². The fourth-order valence-corrected chi connectivity index (χ4v) is 2.88. The highest BCUT2D eigenvalue weighted by Crippen LogP contribution is 2.24. The maximum absolute atomic E-state index is 12.2. The highest BCUT2D eigenvalue weighted by atomic mass is 35.5. The average molecular weight is 288 g/mol. The van der Waals surface area contributed by atoms with Crippen LogP contribution in [0.1, 0.15) is 27.2 Å². The van der Waals surface area contributed by atoms with Gasteiger partial charge in [0.1, 0.15) is 11.4 Å². The molecule has 0 aromatic heterocycles. The number of carbonyl (C=O) groups excluding carboxylic acids is 2. The van der Waals surface area contributed by atoms with E-state index in [1.165, 1.54) is 0 Å². The SMILES string of the molecule is CC(Cl)C(=O)NC1CC2CN(C(C)C)CCN2C1=O. The van der Waals surface area contributed by atoms with Crippen LogP contribution in [0.25, 0.3) is 0 Å². The Hall–Kier alpha value is -0.810. The molecule has 2 aliphatic heterocycles. The second-order valence-electron chi connectivity index (χ2n) is 5.69. The second kappa shape index (κ2) is 5.67. The van der Waals surface area contributed by atoms with Gasteiger partial charge in [0, 0.05) is 31.7 Å². The molecule has 0 aromatic carbocycles. The van der Waals surface area contributed by atoms with Crippen LogP contribution in [0.3, 0.4) is 0 Å². The number of rotatable bonds is 3. The molecule has 108 valence electrons. The van der Waals surface area contributed by atoms with Gasteiger partial charge in [-0.3, -0.25) is 14.5 Å². The number of fused-ring (bicyclic) bond motifs is 1. The number of nitrogens with zero attached hydrogens (tertiary/aromatic N) is 2. The topological polar surface area (TPSA) is 52.7 Å². The first kappa shape index (κ1) is 14.6. The van der Waals surface area contributed by atoms with E-state index in [9.17, 15) is 9.59 Å². The van der Waals surface area contributed by atoms with Gasteiger partial charge in [-0.2, -0.15) is 0 Å². The third kappa shape index (κ3) is 3.03. The third-order valence-corrected chi connectivity index (χ3v) is 4.21. The molecule has 5 nitrogen and oxygen atoms in total. The van der Waals surface area contributed by atoms with E-state index >= 15 is 0 Å². The Morgan fingerprint density at radius 3 is 2.63 bits per heavy atom. The van der Waals surface area contributed by atoms with Gasteiger partial charge in [-0.1, -0.05) is 0 Å². The molecule has 3 atom stereocenters. The molecule has 2 aliphatic rings. The molecule has 2 heterocycles. The van der Waals surface area contributed by atoms with Crippen LogP contribution in [0, 0.1) is 0 Å². The standard InChI is InChI=1S/C13H22ClN3O2/c1-8(2)16-4-5-17-10(7-16)6-11(13(17)19)15-12(18)9(3)14/h8-11H,4-7H2,1-3H3,(H,15,18). The molecule has 0 saturated carbocycles. The van der Waals surface area contributed by atoms with E-state index in [2.05, 4.69) is 24.1 Å². The van der Waals surface area contributed by atoms with Gasteiger partial charge in [-0.15, -0.1) is 11.6 Å². The van der Waals surface area contributed by atoms with Crippen LogP contribution in [0.5, 0.6) is 0 Å². The van der Waals surface area contributed by atoms with Gasteiger partial charge in [0.2, 0.25) is 11.8 Å². The van der Waals surface area contributed by atoms with Gasteiger partial charge in [0.05, 0.1) is 0 Å². The van der Waals surface area contributed by atoms with Gasteiger partial charge in [0.25, 0.3) is 0 Å². The maximum atomic E-state index is 12.2. The number of amides is 2. The maximum Gasteiger partial charge on any atom is 0.245 e. The van der Waals surface area contributed by atoms with Crippen molar-refractivity contribution in [2.24, 2.45) is 0 Å². The van der Waals surface area contributed by atoms with Crippen LogP contribution in [0.15, 0.2) is 0 Å². The minimum atomic E-state index is -0.599. The fourth-order valence-electron chi connectivity index (χ4n) is 2.82. The summed E-state index contributed by atoms with van der Waals surface area (Å²) in [6.45, 7) is 8.51. The van der Waals surface area contributed by atoms with Gasteiger partial charge >= 0.3 is 0 Å². The van der Waals surface area contributed by atoms with Crippen molar-refractivity contribution in [2.75, 3.05) is 19.6 Å². The van der Waals surface area contributed by atoms with Crippen molar-refractivity contribution in [1.29, 1.82) is 0 Å². The molecule has 0 bridgehead atoms. The van der Waals surface area contributed by atoms with Crippen molar-refractivity contribution >= 4 is 23.4 Å². The van der Waals surface area contributed by atoms with Crippen LogP contribution >= 0.6 is 11.6 Å². The van der Waals surface area contributed by atoms with E-state index in [4.69, 9.17) is 11.6 Å².